The summed E-state index contributed by atoms with van der Waals surface area (Å²) < 4.78 is 4.68. The molecule has 114 valence electrons. The van der Waals surface area contributed by atoms with Crippen molar-refractivity contribution in [3.63, 3.8) is 0 Å². The van der Waals surface area contributed by atoms with E-state index in [4.69, 9.17) is 5.84 Å². The molecule has 1 aromatic rings. The molecule has 0 radical (unpaired) electrons. The molecular weight excluding hydrogens is 296 g/mol. The van der Waals surface area contributed by atoms with Crippen molar-refractivity contribution in [3.05, 3.63) is 22.2 Å². The number of nitrogens with two attached hydrogens (primary N) is 1. The van der Waals surface area contributed by atoms with E-state index in [2.05, 4.69) is 15.1 Å². The van der Waals surface area contributed by atoms with E-state index in [-0.39, 0.29) is 17.1 Å². The van der Waals surface area contributed by atoms with Gasteiger partial charge in [0.05, 0.1) is 18.5 Å². The van der Waals surface area contributed by atoms with E-state index in [0.717, 1.165) is 12.8 Å². The Kier molecular flexibility index (Phi) is 4.63. The Labute approximate surface area is 125 Å². The zero-order chi connectivity index (χ0) is 15.5. The molecule has 0 aromatic carbocycles. The van der Waals surface area contributed by atoms with E-state index < -0.39 is 4.92 Å². The molecule has 8 nitrogen and oxygen atoms in total. The van der Waals surface area contributed by atoms with Crippen LogP contribution in [0.2, 0.25) is 0 Å². The Morgan fingerprint density at radius 3 is 2.86 bits per heavy atom. The molecular formula is C12H16N4O4S. The van der Waals surface area contributed by atoms with Gasteiger partial charge < -0.3 is 10.2 Å². The Hall–Kier alpha value is -1.87. The largest absolute Gasteiger partial charge is 0.469 e. The number of carbonyl (C=O) groups excluding carboxylic acids is 1. The number of methoxy groups -OCH3 is 1. The van der Waals surface area contributed by atoms with Crippen molar-refractivity contribution < 1.29 is 14.5 Å². The number of pyridine rings is 1. The molecule has 2 rings (SSSR count). The third kappa shape index (κ3) is 3.82. The van der Waals surface area contributed by atoms with Gasteiger partial charge in [-0.15, -0.1) is 0 Å². The summed E-state index contributed by atoms with van der Waals surface area (Å²) in [5, 5.41) is 11.3. The van der Waals surface area contributed by atoms with Crippen LogP contribution in [0.5, 0.6) is 0 Å². The maximum Gasteiger partial charge on any atom is 0.306 e. The molecule has 0 saturated heterocycles. The minimum absolute atomic E-state index is 0.0622. The van der Waals surface area contributed by atoms with E-state index in [1.54, 1.807) is 0 Å². The number of rotatable bonds is 7. The maximum atomic E-state index is 11.4. The van der Waals surface area contributed by atoms with Crippen LogP contribution in [-0.4, -0.2) is 28.7 Å². The standard InChI is InChI=1S/C12H16N4O4S/c1-20-10(17)6-12(4-5-12)7-21-11-8(16(18)19)2-3-9(14-11)15-13/h2-3H,4-7,13H2,1H3,(H,14,15). The van der Waals surface area contributed by atoms with Crippen molar-refractivity contribution in [2.24, 2.45) is 11.3 Å². The summed E-state index contributed by atoms with van der Waals surface area (Å²) in [4.78, 5) is 26.0. The highest BCUT2D eigenvalue weighted by Crippen LogP contribution is 2.52. The number of anilines is 1. The topological polar surface area (TPSA) is 120 Å². The fraction of sp³-hybridized carbons (Fsp3) is 0.500. The van der Waals surface area contributed by atoms with Crippen molar-refractivity contribution in [1.82, 2.24) is 4.98 Å². The number of carbonyl (C=O) groups is 1. The lowest BCUT2D eigenvalue weighted by molar-refractivity contribution is -0.388. The molecule has 0 aliphatic heterocycles. The van der Waals surface area contributed by atoms with Gasteiger partial charge >= 0.3 is 11.7 Å². The third-order valence-electron chi connectivity index (χ3n) is 3.40. The van der Waals surface area contributed by atoms with Gasteiger partial charge in [-0.2, -0.15) is 0 Å². The first-order valence-corrected chi connectivity index (χ1v) is 7.30. The minimum Gasteiger partial charge on any atom is -0.469 e. The van der Waals surface area contributed by atoms with Crippen LogP contribution in [0.25, 0.3) is 0 Å². The average molecular weight is 312 g/mol. The number of nitrogens with zero attached hydrogens (tertiary/aromatic N) is 2. The maximum absolute atomic E-state index is 11.4. The van der Waals surface area contributed by atoms with Crippen molar-refractivity contribution >= 4 is 29.2 Å². The van der Waals surface area contributed by atoms with Gasteiger partial charge in [-0.3, -0.25) is 14.9 Å². The first-order valence-electron chi connectivity index (χ1n) is 6.31. The third-order valence-corrected chi connectivity index (χ3v) is 4.73. The monoisotopic (exact) mass is 312 g/mol. The van der Waals surface area contributed by atoms with Gasteiger partial charge in [-0.25, -0.2) is 10.8 Å². The quantitative estimate of drug-likeness (QED) is 0.257. The van der Waals surface area contributed by atoms with Gasteiger partial charge in [0.15, 0.2) is 5.03 Å². The van der Waals surface area contributed by atoms with Crippen molar-refractivity contribution in [2.45, 2.75) is 24.3 Å². The van der Waals surface area contributed by atoms with E-state index >= 15 is 0 Å². The molecule has 1 aliphatic rings. The highest BCUT2D eigenvalue weighted by molar-refractivity contribution is 7.99. The van der Waals surface area contributed by atoms with Crippen LogP contribution in [-0.2, 0) is 9.53 Å². The van der Waals surface area contributed by atoms with Gasteiger partial charge in [-0.1, -0.05) is 11.8 Å². The summed E-state index contributed by atoms with van der Waals surface area (Å²) in [6.07, 6.45) is 2.16. The molecule has 1 aromatic heterocycles. The van der Waals surface area contributed by atoms with Crippen LogP contribution in [0.4, 0.5) is 11.5 Å². The van der Waals surface area contributed by atoms with Gasteiger partial charge in [0.1, 0.15) is 5.82 Å². The molecule has 9 heteroatoms. The number of esters is 1. The molecule has 3 N–H and O–H groups in total. The number of hydrogen-bond donors (Lipinski definition) is 2. The van der Waals surface area contributed by atoms with Crippen LogP contribution >= 0.6 is 11.8 Å². The lowest BCUT2D eigenvalue weighted by Gasteiger charge is -2.13. The molecule has 0 atom stereocenters. The second-order valence-corrected chi connectivity index (χ2v) is 5.93. The number of hydrazine groups is 1. The number of nitrogen functional groups attached to an aromatic ring is 1. The Balaban J connectivity index is 2.08. The van der Waals surface area contributed by atoms with E-state index in [1.807, 2.05) is 0 Å². The Morgan fingerprint density at radius 1 is 1.62 bits per heavy atom. The predicted octanol–water partition coefficient (Wildman–Crippen LogP) is 1.71. The smallest absolute Gasteiger partial charge is 0.306 e. The second kappa shape index (κ2) is 6.27. The van der Waals surface area contributed by atoms with E-state index in [0.29, 0.717) is 23.0 Å². The minimum atomic E-state index is -0.477. The number of ether oxygens (including phenoxy) is 1. The van der Waals surface area contributed by atoms with Gasteiger partial charge in [0.25, 0.3) is 0 Å². The summed E-state index contributed by atoms with van der Waals surface area (Å²) in [5.41, 5.74) is 2.18. The molecule has 1 heterocycles. The van der Waals surface area contributed by atoms with Crippen LogP contribution < -0.4 is 11.3 Å². The molecule has 0 amide bonds. The van der Waals surface area contributed by atoms with Crippen LogP contribution in [0.3, 0.4) is 0 Å². The van der Waals surface area contributed by atoms with Crippen molar-refractivity contribution in [3.8, 4) is 0 Å². The molecule has 1 aliphatic carbocycles. The first kappa shape index (κ1) is 15.5. The zero-order valence-corrected chi connectivity index (χ0v) is 12.3. The van der Waals surface area contributed by atoms with E-state index in [9.17, 15) is 14.9 Å². The number of hydrogen-bond acceptors (Lipinski definition) is 8. The van der Waals surface area contributed by atoms with Crippen LogP contribution in [0, 0.1) is 15.5 Å². The molecule has 0 spiro atoms. The zero-order valence-electron chi connectivity index (χ0n) is 11.5. The highest BCUT2D eigenvalue weighted by Gasteiger charge is 2.45. The number of thioether (sulfide) groups is 1. The van der Waals surface area contributed by atoms with Crippen LogP contribution in [0.15, 0.2) is 17.2 Å². The molecule has 0 unspecified atom stereocenters. The Bertz CT molecular complexity index is 562. The summed E-state index contributed by atoms with van der Waals surface area (Å²) in [7, 11) is 1.36. The number of nitrogens with one attached hydrogen (secondary N) is 1. The lowest BCUT2D eigenvalue weighted by atomic mass is 10.1. The highest BCUT2D eigenvalue weighted by atomic mass is 32.2. The van der Waals surface area contributed by atoms with Crippen molar-refractivity contribution in [1.29, 1.82) is 0 Å². The number of nitro groups is 1. The van der Waals surface area contributed by atoms with Gasteiger partial charge in [0, 0.05) is 11.8 Å². The fourth-order valence-electron chi connectivity index (χ4n) is 1.91. The van der Waals surface area contributed by atoms with Crippen LogP contribution in [0.1, 0.15) is 19.3 Å². The average Bonchev–Trinajstić information content (AvgIpc) is 3.24. The van der Waals surface area contributed by atoms with Gasteiger partial charge in [0.2, 0.25) is 0 Å². The molecule has 1 fully saturated rings. The molecule has 1 saturated carbocycles. The summed E-state index contributed by atoms with van der Waals surface area (Å²) in [6, 6.07) is 2.81. The normalized spacial score (nSPS) is 15.3. The summed E-state index contributed by atoms with van der Waals surface area (Å²) in [6.45, 7) is 0. The molecule has 0 bridgehead atoms. The second-order valence-electron chi connectivity index (χ2n) is 4.96. The van der Waals surface area contributed by atoms with Gasteiger partial charge in [-0.05, 0) is 24.3 Å². The fourth-order valence-corrected chi connectivity index (χ4v) is 3.19. The molecule has 21 heavy (non-hydrogen) atoms. The number of aromatic nitrogens is 1. The lowest BCUT2D eigenvalue weighted by Crippen LogP contribution is -2.13. The predicted molar refractivity (Wildman–Crippen MR) is 77.7 cm³/mol. The van der Waals surface area contributed by atoms with E-state index in [1.165, 1.54) is 31.0 Å². The summed E-state index contributed by atoms with van der Waals surface area (Å²) in [5.74, 6) is 5.96. The van der Waals surface area contributed by atoms with Crippen molar-refractivity contribution in [2.75, 3.05) is 18.3 Å². The SMILES string of the molecule is COC(=O)CC1(CSc2nc(NN)ccc2[N+](=O)[O-])CC1. The summed E-state index contributed by atoms with van der Waals surface area (Å²) >= 11 is 1.27. The first-order chi connectivity index (χ1) is 9.99. The Morgan fingerprint density at radius 2 is 2.33 bits per heavy atom.